The number of nitrogens with one attached hydrogen (secondary N) is 1. The summed E-state index contributed by atoms with van der Waals surface area (Å²) in [6, 6.07) is -0.556. The fourth-order valence-corrected chi connectivity index (χ4v) is 7.79. The minimum atomic E-state index is -0.677. The minimum absolute atomic E-state index is 0.0276. The zero-order chi connectivity index (χ0) is 42.3. The Morgan fingerprint density at radius 3 is 1.34 bits per heavy atom. The van der Waals surface area contributed by atoms with Crippen LogP contribution in [0.4, 0.5) is 0 Å². The van der Waals surface area contributed by atoms with Gasteiger partial charge in [0.25, 0.3) is 0 Å². The van der Waals surface area contributed by atoms with Gasteiger partial charge in [0, 0.05) is 12.8 Å². The molecule has 0 aliphatic carbocycles. The Balaban J connectivity index is 3.48. The number of ether oxygens (including phenoxy) is 1. The molecule has 0 rings (SSSR count). The van der Waals surface area contributed by atoms with Crippen molar-refractivity contribution < 1.29 is 24.5 Å². The van der Waals surface area contributed by atoms with Crippen LogP contribution in [-0.4, -0.2) is 47.4 Å². The highest BCUT2D eigenvalue weighted by Crippen LogP contribution is 2.16. The molecule has 6 heteroatoms. The van der Waals surface area contributed by atoms with Gasteiger partial charge in [-0.25, -0.2) is 0 Å². The molecule has 0 aromatic carbocycles. The third kappa shape index (κ3) is 43.9. The van der Waals surface area contributed by atoms with Gasteiger partial charge in [-0.2, -0.15) is 0 Å². The molecular weight excluding hydrogens is 719 g/mol. The summed E-state index contributed by atoms with van der Waals surface area (Å²) in [6.07, 6.45) is 55.6. The quantitative estimate of drug-likeness (QED) is 0.0323. The Labute approximate surface area is 361 Å². The molecule has 2 atom stereocenters. The monoisotopic (exact) mass is 818 g/mol. The highest BCUT2D eigenvalue weighted by molar-refractivity contribution is 5.76. The van der Waals surface area contributed by atoms with Crippen LogP contribution in [0.15, 0.2) is 24.3 Å². The summed E-state index contributed by atoms with van der Waals surface area (Å²) in [5.74, 6) is -0.0819. The lowest BCUT2D eigenvalue weighted by atomic mass is 10.0. The van der Waals surface area contributed by atoms with Crippen LogP contribution >= 0.6 is 0 Å². The Kier molecular flexibility index (Phi) is 46.6. The molecule has 0 spiro atoms. The van der Waals surface area contributed by atoms with E-state index in [0.29, 0.717) is 25.9 Å². The number of carbonyl (C=O) groups excluding carboxylic acids is 2. The number of esters is 1. The van der Waals surface area contributed by atoms with Gasteiger partial charge in [-0.3, -0.25) is 9.59 Å². The summed E-state index contributed by atoms with van der Waals surface area (Å²) in [7, 11) is 0. The highest BCUT2D eigenvalue weighted by Gasteiger charge is 2.20. The highest BCUT2D eigenvalue weighted by atomic mass is 16.5. The Morgan fingerprint density at radius 1 is 0.483 bits per heavy atom. The fraction of sp³-hybridized carbons (Fsp3) is 0.885. The molecule has 0 saturated heterocycles. The van der Waals surface area contributed by atoms with E-state index in [1.807, 2.05) is 0 Å². The Bertz CT molecular complexity index is 904. The van der Waals surface area contributed by atoms with Crippen molar-refractivity contribution in [3.8, 4) is 0 Å². The van der Waals surface area contributed by atoms with Crippen LogP contribution in [0.25, 0.3) is 0 Å². The van der Waals surface area contributed by atoms with E-state index in [-0.39, 0.29) is 18.5 Å². The largest absolute Gasteiger partial charge is 0.466 e. The van der Waals surface area contributed by atoms with Crippen LogP contribution in [0.1, 0.15) is 271 Å². The van der Waals surface area contributed by atoms with E-state index in [4.69, 9.17) is 4.74 Å². The molecule has 0 aliphatic rings. The molecule has 6 nitrogen and oxygen atoms in total. The maximum Gasteiger partial charge on any atom is 0.305 e. The summed E-state index contributed by atoms with van der Waals surface area (Å²) in [5, 5.41) is 23.2. The van der Waals surface area contributed by atoms with Crippen molar-refractivity contribution in [3.63, 3.8) is 0 Å². The summed E-state index contributed by atoms with van der Waals surface area (Å²) in [6.45, 7) is 4.88. The van der Waals surface area contributed by atoms with E-state index < -0.39 is 12.1 Å². The first-order valence-corrected chi connectivity index (χ1v) is 25.6. The number of hydrogen-bond acceptors (Lipinski definition) is 5. The number of carbonyl (C=O) groups is 2. The van der Waals surface area contributed by atoms with Crippen molar-refractivity contribution in [2.24, 2.45) is 0 Å². The molecular formula is C52H99NO5. The van der Waals surface area contributed by atoms with E-state index in [1.54, 1.807) is 0 Å². The van der Waals surface area contributed by atoms with E-state index in [1.165, 1.54) is 167 Å². The van der Waals surface area contributed by atoms with Crippen molar-refractivity contribution in [2.45, 2.75) is 283 Å². The molecule has 58 heavy (non-hydrogen) atoms. The topological polar surface area (TPSA) is 95.9 Å². The van der Waals surface area contributed by atoms with Crippen molar-refractivity contribution in [1.29, 1.82) is 0 Å². The smallest absolute Gasteiger partial charge is 0.305 e. The number of allylic oxidation sites excluding steroid dienone is 4. The van der Waals surface area contributed by atoms with Gasteiger partial charge >= 0.3 is 5.97 Å². The number of unbranched alkanes of at least 4 members (excludes halogenated alkanes) is 32. The second kappa shape index (κ2) is 48.0. The Morgan fingerprint density at radius 2 is 0.862 bits per heavy atom. The summed E-state index contributed by atoms with van der Waals surface area (Å²) in [4.78, 5) is 24.5. The molecule has 342 valence electrons. The van der Waals surface area contributed by atoms with Gasteiger partial charge in [-0.1, -0.05) is 224 Å². The molecule has 0 aromatic heterocycles. The fourth-order valence-electron chi connectivity index (χ4n) is 7.79. The molecule has 0 heterocycles. The van der Waals surface area contributed by atoms with Crippen LogP contribution < -0.4 is 5.32 Å². The lowest BCUT2D eigenvalue weighted by molar-refractivity contribution is -0.143. The number of aliphatic hydroxyl groups is 2. The minimum Gasteiger partial charge on any atom is -0.466 e. The maximum atomic E-state index is 12.4. The zero-order valence-corrected chi connectivity index (χ0v) is 38.8. The average molecular weight is 818 g/mol. The van der Waals surface area contributed by atoms with E-state index in [2.05, 4.69) is 43.5 Å². The summed E-state index contributed by atoms with van der Waals surface area (Å²) >= 11 is 0. The molecule has 0 aromatic rings. The Hall–Kier alpha value is -1.66. The van der Waals surface area contributed by atoms with Crippen molar-refractivity contribution in [2.75, 3.05) is 13.2 Å². The molecule has 1 amide bonds. The van der Waals surface area contributed by atoms with Gasteiger partial charge < -0.3 is 20.3 Å². The van der Waals surface area contributed by atoms with Crippen molar-refractivity contribution in [3.05, 3.63) is 24.3 Å². The van der Waals surface area contributed by atoms with E-state index >= 15 is 0 Å². The molecule has 0 fully saturated rings. The van der Waals surface area contributed by atoms with Gasteiger partial charge in [-0.15, -0.1) is 0 Å². The zero-order valence-electron chi connectivity index (χ0n) is 38.8. The third-order valence-corrected chi connectivity index (χ3v) is 11.8. The van der Waals surface area contributed by atoms with Gasteiger partial charge in [0.2, 0.25) is 5.91 Å². The first-order chi connectivity index (χ1) is 28.5. The molecule has 0 aliphatic heterocycles. The number of amides is 1. The number of hydrogen-bond donors (Lipinski definition) is 3. The maximum absolute atomic E-state index is 12.4. The molecule has 0 saturated carbocycles. The number of rotatable bonds is 47. The second-order valence-corrected chi connectivity index (χ2v) is 17.5. The normalized spacial score (nSPS) is 12.8. The summed E-state index contributed by atoms with van der Waals surface area (Å²) in [5.41, 5.74) is 0. The van der Waals surface area contributed by atoms with Gasteiger partial charge in [0.15, 0.2) is 0 Å². The first kappa shape index (κ1) is 56.3. The predicted molar refractivity (Wildman–Crippen MR) is 250 cm³/mol. The standard InChI is InChI=1S/C52H99NO5/c1-3-5-7-9-11-13-15-17-19-21-24-28-32-36-40-44-50(55)49(48-54)53-51(56)45-41-37-33-29-25-23-27-31-35-39-43-47-58-52(57)46-42-38-34-30-26-22-20-18-16-14-12-10-8-6-4-2/h12,14,18,20,49-50,54-55H,3-11,13,15-17,19,21-48H2,1-2H3,(H,53,56)/b14-12-,20-18-. The van der Waals surface area contributed by atoms with Crippen LogP contribution in [-0.2, 0) is 14.3 Å². The first-order valence-electron chi connectivity index (χ1n) is 25.6. The van der Waals surface area contributed by atoms with E-state index in [9.17, 15) is 19.8 Å². The van der Waals surface area contributed by atoms with Crippen LogP contribution in [0.2, 0.25) is 0 Å². The lowest BCUT2D eigenvalue weighted by Crippen LogP contribution is -2.45. The molecule has 2 unspecified atom stereocenters. The van der Waals surface area contributed by atoms with Crippen LogP contribution in [0.5, 0.6) is 0 Å². The molecule has 0 bridgehead atoms. The molecule has 3 N–H and O–H groups in total. The van der Waals surface area contributed by atoms with Gasteiger partial charge in [0.05, 0.1) is 25.4 Å². The van der Waals surface area contributed by atoms with Gasteiger partial charge in [0.1, 0.15) is 0 Å². The van der Waals surface area contributed by atoms with E-state index in [0.717, 1.165) is 70.6 Å². The lowest BCUT2D eigenvalue weighted by Gasteiger charge is -2.22. The predicted octanol–water partition coefficient (Wildman–Crippen LogP) is 15.1. The van der Waals surface area contributed by atoms with Gasteiger partial charge in [-0.05, 0) is 57.8 Å². The third-order valence-electron chi connectivity index (χ3n) is 11.8. The summed E-state index contributed by atoms with van der Waals surface area (Å²) < 4.78 is 5.45. The second-order valence-electron chi connectivity index (χ2n) is 17.5. The number of aliphatic hydroxyl groups excluding tert-OH is 2. The van der Waals surface area contributed by atoms with Crippen molar-refractivity contribution >= 4 is 11.9 Å². The average Bonchev–Trinajstić information content (AvgIpc) is 3.22. The van der Waals surface area contributed by atoms with Crippen LogP contribution in [0, 0.1) is 0 Å². The SMILES string of the molecule is CCCCC/C=C\C/C=C\CCCCCCCC(=O)OCCCCCCCCCCCCCC(=O)NC(CO)C(O)CCCCCCCCCCCCCCCCC. The van der Waals surface area contributed by atoms with Crippen LogP contribution in [0.3, 0.4) is 0 Å². The molecule has 0 radical (unpaired) electrons. The van der Waals surface area contributed by atoms with Crippen molar-refractivity contribution in [1.82, 2.24) is 5.32 Å².